The number of carboxylic acid groups (broad SMARTS) is 1. The standard InChI is InChI=1S/C22H35N3O3/c1-15(2)19-10-6-8-16(3)21(19)23-22(28)17(4)25-12-7-9-18(11-13-25)24(5)14-20(26)27/h6,8,10,15,17-18H,7,9,11-14H2,1-5H3,(H,23,28)(H,26,27). The number of likely N-dealkylation sites (tertiary alicyclic amines) is 1. The van der Waals surface area contributed by atoms with Crippen LogP contribution in [0, 0.1) is 6.92 Å². The number of nitrogens with one attached hydrogen (secondary N) is 1. The zero-order valence-corrected chi connectivity index (χ0v) is 17.9. The molecule has 2 N–H and O–H groups in total. The highest BCUT2D eigenvalue weighted by molar-refractivity contribution is 5.96. The molecule has 1 heterocycles. The lowest BCUT2D eigenvalue weighted by molar-refractivity contribution is -0.138. The molecule has 0 aliphatic carbocycles. The van der Waals surface area contributed by atoms with Gasteiger partial charge in [-0.05, 0) is 63.7 Å². The molecule has 0 bridgehead atoms. The summed E-state index contributed by atoms with van der Waals surface area (Å²) < 4.78 is 0. The number of aryl methyl sites for hydroxylation is 1. The maximum absolute atomic E-state index is 13.0. The zero-order chi connectivity index (χ0) is 20.8. The first-order valence-electron chi connectivity index (χ1n) is 10.3. The van der Waals surface area contributed by atoms with Crippen LogP contribution in [0.5, 0.6) is 0 Å². The van der Waals surface area contributed by atoms with Gasteiger partial charge in [0.2, 0.25) is 5.91 Å². The molecule has 1 aliphatic rings. The Labute approximate surface area is 168 Å². The first kappa shape index (κ1) is 22.4. The Hall–Kier alpha value is -1.92. The number of carbonyl (C=O) groups is 2. The predicted octanol–water partition coefficient (Wildman–Crippen LogP) is 3.32. The third-order valence-electron chi connectivity index (χ3n) is 5.84. The number of anilines is 1. The number of aliphatic carboxylic acids is 1. The van der Waals surface area contributed by atoms with Crippen LogP contribution in [0.3, 0.4) is 0 Å². The molecular formula is C22H35N3O3. The molecule has 1 fully saturated rings. The van der Waals surface area contributed by atoms with Gasteiger partial charge in [0.1, 0.15) is 0 Å². The van der Waals surface area contributed by atoms with Gasteiger partial charge in [-0.25, -0.2) is 0 Å². The van der Waals surface area contributed by atoms with Gasteiger partial charge in [-0.3, -0.25) is 19.4 Å². The van der Waals surface area contributed by atoms with Gasteiger partial charge >= 0.3 is 5.97 Å². The number of carboxylic acids is 1. The van der Waals surface area contributed by atoms with Crippen molar-refractivity contribution in [3.8, 4) is 0 Å². The summed E-state index contributed by atoms with van der Waals surface area (Å²) >= 11 is 0. The number of benzene rings is 1. The monoisotopic (exact) mass is 389 g/mol. The van der Waals surface area contributed by atoms with Crippen LogP contribution < -0.4 is 5.32 Å². The molecule has 28 heavy (non-hydrogen) atoms. The fourth-order valence-corrected chi connectivity index (χ4v) is 4.01. The molecule has 2 unspecified atom stereocenters. The number of hydrogen-bond donors (Lipinski definition) is 2. The molecule has 6 heteroatoms. The molecule has 0 aromatic heterocycles. The van der Waals surface area contributed by atoms with Crippen molar-refractivity contribution in [2.75, 3.05) is 32.0 Å². The van der Waals surface area contributed by atoms with Crippen LogP contribution in [0.4, 0.5) is 5.69 Å². The Balaban J connectivity index is 2.01. The average molecular weight is 390 g/mol. The van der Waals surface area contributed by atoms with E-state index in [2.05, 4.69) is 30.1 Å². The Morgan fingerprint density at radius 2 is 1.96 bits per heavy atom. The topological polar surface area (TPSA) is 72.9 Å². The summed E-state index contributed by atoms with van der Waals surface area (Å²) in [4.78, 5) is 28.1. The fraction of sp³-hybridized carbons (Fsp3) is 0.636. The summed E-state index contributed by atoms with van der Waals surface area (Å²) in [6, 6.07) is 6.17. The van der Waals surface area contributed by atoms with Crippen LogP contribution in [-0.4, -0.2) is 65.5 Å². The first-order valence-corrected chi connectivity index (χ1v) is 10.3. The van der Waals surface area contributed by atoms with E-state index in [0.29, 0.717) is 5.92 Å². The third kappa shape index (κ3) is 5.79. The summed E-state index contributed by atoms with van der Waals surface area (Å²) in [5.74, 6) is -0.432. The summed E-state index contributed by atoms with van der Waals surface area (Å²) in [6.07, 6.45) is 2.81. The van der Waals surface area contributed by atoms with Crippen molar-refractivity contribution in [2.24, 2.45) is 0 Å². The predicted molar refractivity (Wildman–Crippen MR) is 113 cm³/mol. The molecule has 0 radical (unpaired) electrons. The molecule has 1 saturated heterocycles. The second kappa shape index (κ2) is 10.0. The van der Waals surface area contributed by atoms with Crippen molar-refractivity contribution in [1.29, 1.82) is 0 Å². The number of rotatable bonds is 7. The van der Waals surface area contributed by atoms with E-state index in [1.165, 1.54) is 0 Å². The van der Waals surface area contributed by atoms with Crippen molar-refractivity contribution in [3.63, 3.8) is 0 Å². The molecule has 1 aliphatic heterocycles. The Kier molecular flexibility index (Phi) is 8.01. The van der Waals surface area contributed by atoms with E-state index >= 15 is 0 Å². The van der Waals surface area contributed by atoms with E-state index in [4.69, 9.17) is 5.11 Å². The maximum Gasteiger partial charge on any atom is 0.317 e. The zero-order valence-electron chi connectivity index (χ0n) is 17.9. The highest BCUT2D eigenvalue weighted by Crippen LogP contribution is 2.28. The highest BCUT2D eigenvalue weighted by atomic mass is 16.4. The van der Waals surface area contributed by atoms with Gasteiger partial charge in [-0.2, -0.15) is 0 Å². The largest absolute Gasteiger partial charge is 0.480 e. The molecule has 156 valence electrons. The summed E-state index contributed by atoms with van der Waals surface area (Å²) in [7, 11) is 1.87. The molecule has 2 rings (SSSR count). The Morgan fingerprint density at radius 3 is 2.61 bits per heavy atom. The quantitative estimate of drug-likeness (QED) is 0.748. The Morgan fingerprint density at radius 1 is 1.25 bits per heavy atom. The lowest BCUT2D eigenvalue weighted by Crippen LogP contribution is -2.43. The molecule has 1 amide bonds. The van der Waals surface area contributed by atoms with Crippen LogP contribution in [0.25, 0.3) is 0 Å². The smallest absolute Gasteiger partial charge is 0.317 e. The van der Waals surface area contributed by atoms with Crippen molar-refractivity contribution in [2.45, 2.75) is 65.0 Å². The van der Waals surface area contributed by atoms with E-state index in [9.17, 15) is 9.59 Å². The van der Waals surface area contributed by atoms with Gasteiger partial charge in [-0.15, -0.1) is 0 Å². The summed E-state index contributed by atoms with van der Waals surface area (Å²) in [6.45, 7) is 9.98. The normalized spacial score (nSPS) is 19.5. The molecule has 1 aromatic carbocycles. The lowest BCUT2D eigenvalue weighted by Gasteiger charge is -2.28. The average Bonchev–Trinajstić information content (AvgIpc) is 2.88. The number of likely N-dealkylation sites (N-methyl/N-ethyl adjacent to an activating group) is 1. The van der Waals surface area contributed by atoms with E-state index in [1.54, 1.807) is 0 Å². The minimum atomic E-state index is -0.796. The van der Waals surface area contributed by atoms with Gasteiger partial charge in [0.05, 0.1) is 12.6 Å². The van der Waals surface area contributed by atoms with Gasteiger partial charge in [-0.1, -0.05) is 32.0 Å². The number of carbonyl (C=O) groups excluding carboxylic acids is 1. The molecular weight excluding hydrogens is 354 g/mol. The van der Waals surface area contributed by atoms with Crippen LogP contribution in [0.15, 0.2) is 18.2 Å². The van der Waals surface area contributed by atoms with Gasteiger partial charge in [0.15, 0.2) is 0 Å². The molecule has 2 atom stereocenters. The van der Waals surface area contributed by atoms with Crippen molar-refractivity contribution in [1.82, 2.24) is 9.80 Å². The fourth-order valence-electron chi connectivity index (χ4n) is 4.01. The van der Waals surface area contributed by atoms with Crippen LogP contribution in [-0.2, 0) is 9.59 Å². The van der Waals surface area contributed by atoms with Gasteiger partial charge in [0, 0.05) is 18.3 Å². The number of amides is 1. The maximum atomic E-state index is 13.0. The van der Waals surface area contributed by atoms with Gasteiger partial charge in [0.25, 0.3) is 0 Å². The van der Waals surface area contributed by atoms with Crippen LogP contribution in [0.1, 0.15) is 57.1 Å². The Bertz CT molecular complexity index is 690. The van der Waals surface area contributed by atoms with E-state index in [0.717, 1.165) is 49.2 Å². The SMILES string of the molecule is Cc1cccc(C(C)C)c1NC(=O)C(C)N1CCCC(N(C)CC(=O)O)CC1. The van der Waals surface area contributed by atoms with Crippen LogP contribution >= 0.6 is 0 Å². The second-order valence-corrected chi connectivity index (χ2v) is 8.29. The molecule has 6 nitrogen and oxygen atoms in total. The second-order valence-electron chi connectivity index (χ2n) is 8.29. The highest BCUT2D eigenvalue weighted by Gasteiger charge is 2.27. The van der Waals surface area contributed by atoms with E-state index < -0.39 is 5.97 Å². The van der Waals surface area contributed by atoms with Gasteiger partial charge < -0.3 is 10.4 Å². The van der Waals surface area contributed by atoms with Crippen LogP contribution in [0.2, 0.25) is 0 Å². The molecule has 0 spiro atoms. The first-order chi connectivity index (χ1) is 13.2. The lowest BCUT2D eigenvalue weighted by atomic mass is 9.98. The van der Waals surface area contributed by atoms with E-state index in [-0.39, 0.29) is 24.5 Å². The van der Waals surface area contributed by atoms with E-state index in [1.807, 2.05) is 37.9 Å². The minimum absolute atomic E-state index is 0.0218. The van der Waals surface area contributed by atoms with Crippen molar-refractivity contribution < 1.29 is 14.7 Å². The molecule has 0 saturated carbocycles. The molecule has 1 aromatic rings. The minimum Gasteiger partial charge on any atom is -0.480 e. The number of hydrogen-bond acceptors (Lipinski definition) is 4. The summed E-state index contributed by atoms with van der Waals surface area (Å²) in [5, 5.41) is 12.2. The summed E-state index contributed by atoms with van der Waals surface area (Å²) in [5.41, 5.74) is 3.17. The van der Waals surface area contributed by atoms with Crippen molar-refractivity contribution in [3.05, 3.63) is 29.3 Å². The van der Waals surface area contributed by atoms with Crippen molar-refractivity contribution >= 4 is 17.6 Å². The number of para-hydroxylation sites is 1. The third-order valence-corrected chi connectivity index (χ3v) is 5.84. The number of nitrogens with zero attached hydrogens (tertiary/aromatic N) is 2.